The molecule has 192 valence electrons. The number of allylic oxidation sites excluding steroid dienone is 1. The van der Waals surface area contributed by atoms with Crippen molar-refractivity contribution in [2.24, 2.45) is 5.16 Å². The normalized spacial score (nSPS) is 21.7. The average molecular weight is 745 g/mol. The van der Waals surface area contributed by atoms with Gasteiger partial charge >= 0.3 is 0 Å². The molecule has 0 radical (unpaired) electrons. The van der Waals surface area contributed by atoms with Gasteiger partial charge in [-0.1, -0.05) is 37.0 Å². The molecule has 1 heterocycles. The van der Waals surface area contributed by atoms with Crippen molar-refractivity contribution < 1.29 is 24.2 Å². The number of hydrogen-bond acceptors (Lipinski definition) is 7. The second kappa shape index (κ2) is 12.6. The maximum Gasteiger partial charge on any atom is 0.269 e. The van der Waals surface area contributed by atoms with Crippen LogP contribution in [0.4, 0.5) is 0 Å². The third kappa shape index (κ3) is 6.89. The van der Waals surface area contributed by atoms with E-state index in [0.29, 0.717) is 34.3 Å². The molecule has 2 atom stereocenters. The molecule has 1 aliphatic carbocycles. The Hall–Kier alpha value is -0.920. The number of carbonyl (C=O) groups is 1. The Bertz CT molecular complexity index is 1040. The molecule has 1 aliphatic heterocycles. The van der Waals surface area contributed by atoms with Crippen LogP contribution < -0.4 is 10.1 Å². The van der Waals surface area contributed by atoms with E-state index in [1.807, 2.05) is 26.2 Å². The van der Waals surface area contributed by atoms with E-state index < -0.39 is 11.7 Å². The number of rotatable bonds is 10. The summed E-state index contributed by atoms with van der Waals surface area (Å²) in [4.78, 5) is 20.4. The molecule has 35 heavy (non-hydrogen) atoms. The van der Waals surface area contributed by atoms with Crippen LogP contribution in [0.1, 0.15) is 18.4 Å². The number of carbonyl (C=O) groups excluding carboxylic acids is 1. The summed E-state index contributed by atoms with van der Waals surface area (Å²) in [6, 6.07) is 3.87. The van der Waals surface area contributed by atoms with Gasteiger partial charge in [-0.05, 0) is 82.6 Å². The first-order chi connectivity index (χ1) is 16.6. The Morgan fingerprint density at radius 2 is 1.97 bits per heavy atom. The monoisotopic (exact) mass is 741 g/mol. The van der Waals surface area contributed by atoms with Gasteiger partial charge in [0.15, 0.2) is 5.60 Å². The van der Waals surface area contributed by atoms with Crippen LogP contribution in [0, 0.1) is 0 Å². The molecule has 0 fully saturated rings. The Morgan fingerprint density at radius 1 is 1.29 bits per heavy atom. The first-order valence-corrected chi connectivity index (χ1v) is 14.0. The Kier molecular flexibility index (Phi) is 10.3. The number of amides is 1. The van der Waals surface area contributed by atoms with Crippen LogP contribution in [-0.2, 0) is 20.8 Å². The Balaban J connectivity index is 1.53. The highest BCUT2D eigenvalue weighted by Crippen LogP contribution is 2.43. The lowest BCUT2D eigenvalue weighted by Crippen LogP contribution is -2.45. The number of aliphatic hydroxyl groups is 1. The fourth-order valence-electron chi connectivity index (χ4n) is 3.69. The van der Waals surface area contributed by atoms with E-state index in [4.69, 9.17) is 14.3 Å². The molecule has 2 N–H and O–H groups in total. The predicted molar refractivity (Wildman–Crippen MR) is 149 cm³/mol. The fourth-order valence-corrected chi connectivity index (χ4v) is 7.03. The van der Waals surface area contributed by atoms with Crippen molar-refractivity contribution in [2.45, 2.75) is 31.0 Å². The number of benzene rings is 1. The molecule has 3 rings (SSSR count). The van der Waals surface area contributed by atoms with Crippen LogP contribution in [0.3, 0.4) is 0 Å². The predicted octanol–water partition coefficient (Wildman–Crippen LogP) is 4.62. The molecule has 12 heteroatoms. The first-order valence-electron chi connectivity index (χ1n) is 10.9. The van der Waals surface area contributed by atoms with E-state index in [1.54, 1.807) is 6.08 Å². The SMILES string of the molecule is COC1=C(Br)C(O)C2(C=C1Br)CC(C(=O)NCCc1c(Br)cc(OCCCN(C)C)cc1Br)=NO2. The van der Waals surface area contributed by atoms with E-state index in [-0.39, 0.29) is 18.0 Å². The van der Waals surface area contributed by atoms with Crippen molar-refractivity contribution in [3.8, 4) is 5.75 Å². The smallest absolute Gasteiger partial charge is 0.269 e. The van der Waals surface area contributed by atoms with Gasteiger partial charge in [-0.2, -0.15) is 0 Å². The van der Waals surface area contributed by atoms with Crippen LogP contribution in [0.2, 0.25) is 0 Å². The van der Waals surface area contributed by atoms with Crippen LogP contribution in [-0.4, -0.2) is 74.2 Å². The minimum atomic E-state index is -1.18. The quantitative estimate of drug-likeness (QED) is 0.340. The molecule has 1 spiro atoms. The van der Waals surface area contributed by atoms with E-state index in [9.17, 15) is 9.90 Å². The molecule has 1 amide bonds. The zero-order valence-electron chi connectivity index (χ0n) is 19.5. The Labute approximate surface area is 238 Å². The van der Waals surface area contributed by atoms with Crippen molar-refractivity contribution in [2.75, 3.05) is 40.9 Å². The zero-order chi connectivity index (χ0) is 25.8. The van der Waals surface area contributed by atoms with Crippen LogP contribution >= 0.6 is 63.7 Å². The van der Waals surface area contributed by atoms with Crippen molar-refractivity contribution >= 4 is 75.3 Å². The van der Waals surface area contributed by atoms with Crippen molar-refractivity contribution in [1.29, 1.82) is 0 Å². The zero-order valence-corrected chi connectivity index (χ0v) is 25.9. The van der Waals surface area contributed by atoms with Gasteiger partial charge in [0.1, 0.15) is 23.3 Å². The lowest BCUT2D eigenvalue weighted by molar-refractivity contribution is -0.114. The first kappa shape index (κ1) is 28.6. The number of nitrogens with one attached hydrogen (secondary N) is 1. The molecular formula is C23H27Br4N3O5. The topological polar surface area (TPSA) is 92.6 Å². The van der Waals surface area contributed by atoms with E-state index in [0.717, 1.165) is 33.2 Å². The highest BCUT2D eigenvalue weighted by molar-refractivity contribution is 9.12. The Morgan fingerprint density at radius 3 is 2.60 bits per heavy atom. The third-order valence-corrected chi connectivity index (χ3v) is 8.33. The summed E-state index contributed by atoms with van der Waals surface area (Å²) in [5.74, 6) is 0.898. The van der Waals surface area contributed by atoms with Gasteiger partial charge in [-0.3, -0.25) is 4.79 Å². The number of ether oxygens (including phenoxy) is 2. The molecule has 0 bridgehead atoms. The summed E-state index contributed by atoms with van der Waals surface area (Å²) in [6.07, 6.45) is 2.25. The number of nitrogens with zero attached hydrogens (tertiary/aromatic N) is 2. The second-order valence-electron chi connectivity index (χ2n) is 8.41. The minimum Gasteiger partial charge on any atom is -0.495 e. The number of methoxy groups -OCH3 is 1. The van der Waals surface area contributed by atoms with Gasteiger partial charge in [0.05, 0.1) is 22.7 Å². The van der Waals surface area contributed by atoms with E-state index >= 15 is 0 Å². The number of hydrogen-bond donors (Lipinski definition) is 2. The summed E-state index contributed by atoms with van der Waals surface area (Å²) in [5, 5.41) is 17.6. The average Bonchev–Trinajstić information content (AvgIpc) is 3.22. The molecular weight excluding hydrogens is 718 g/mol. The summed E-state index contributed by atoms with van der Waals surface area (Å²) in [7, 11) is 5.58. The molecule has 0 aromatic heterocycles. The lowest BCUT2D eigenvalue weighted by atomic mass is 9.87. The van der Waals surface area contributed by atoms with Crippen molar-refractivity contribution in [3.63, 3.8) is 0 Å². The van der Waals surface area contributed by atoms with Gasteiger partial charge in [-0.15, -0.1) is 0 Å². The maximum atomic E-state index is 12.7. The molecule has 0 saturated carbocycles. The lowest BCUT2D eigenvalue weighted by Gasteiger charge is -2.33. The third-order valence-electron chi connectivity index (χ3n) is 5.54. The number of halogens is 4. The largest absolute Gasteiger partial charge is 0.495 e. The van der Waals surface area contributed by atoms with Crippen LogP contribution in [0.5, 0.6) is 5.75 Å². The summed E-state index contributed by atoms with van der Waals surface area (Å²) >= 11 is 14.0. The molecule has 0 saturated heterocycles. The molecule has 8 nitrogen and oxygen atoms in total. The summed E-state index contributed by atoms with van der Waals surface area (Å²) in [5.41, 5.74) is 0.0463. The number of aliphatic hydroxyl groups excluding tert-OH is 1. The highest BCUT2D eigenvalue weighted by Gasteiger charge is 2.50. The van der Waals surface area contributed by atoms with Gasteiger partial charge in [0.25, 0.3) is 5.91 Å². The van der Waals surface area contributed by atoms with Crippen LogP contribution in [0.25, 0.3) is 0 Å². The fraction of sp³-hybridized carbons (Fsp3) is 0.478. The van der Waals surface area contributed by atoms with Gasteiger partial charge < -0.3 is 29.6 Å². The van der Waals surface area contributed by atoms with Gasteiger partial charge in [0, 0.05) is 28.5 Å². The highest BCUT2D eigenvalue weighted by atomic mass is 79.9. The molecule has 1 aromatic rings. The van der Waals surface area contributed by atoms with Crippen molar-refractivity contribution in [1.82, 2.24) is 10.2 Å². The summed E-state index contributed by atoms with van der Waals surface area (Å²) in [6.45, 7) is 1.99. The van der Waals surface area contributed by atoms with Crippen molar-refractivity contribution in [3.05, 3.63) is 47.4 Å². The minimum absolute atomic E-state index is 0.119. The molecule has 2 aliphatic rings. The molecule has 1 aromatic carbocycles. The van der Waals surface area contributed by atoms with E-state index in [1.165, 1.54) is 7.11 Å². The van der Waals surface area contributed by atoms with Gasteiger partial charge in [0.2, 0.25) is 0 Å². The van der Waals surface area contributed by atoms with Crippen LogP contribution in [0.15, 0.2) is 47.0 Å². The standard InChI is InChI=1S/C23H27Br4N3O5/c1-30(2)7-4-8-34-13-9-15(24)14(16(25)10-13)5-6-28-22(32)18-12-23(35-29-18)11-17(26)20(33-3)19(27)21(23)31/h9-11,21,31H,4-8,12H2,1-3H3,(H,28,32). The number of oxime groups is 1. The van der Waals surface area contributed by atoms with Gasteiger partial charge in [-0.25, -0.2) is 0 Å². The molecule has 2 unspecified atom stereocenters. The summed E-state index contributed by atoms with van der Waals surface area (Å²) < 4.78 is 14.0. The second-order valence-corrected chi connectivity index (χ2v) is 11.8. The van der Waals surface area contributed by atoms with E-state index in [2.05, 4.69) is 79.1 Å². The maximum absolute atomic E-state index is 12.7.